The van der Waals surface area contributed by atoms with Crippen LogP contribution in [0.15, 0.2) is 30.3 Å². The molecule has 2 heteroatoms. The van der Waals surface area contributed by atoms with Crippen molar-refractivity contribution in [1.29, 1.82) is 0 Å². The van der Waals surface area contributed by atoms with Crippen LogP contribution in [-0.2, 0) is 0 Å². The van der Waals surface area contributed by atoms with Gasteiger partial charge in [0.15, 0.2) is 0 Å². The van der Waals surface area contributed by atoms with Gasteiger partial charge in [-0.1, -0.05) is 44.2 Å². The first-order valence-corrected chi connectivity index (χ1v) is 8.14. The van der Waals surface area contributed by atoms with Gasteiger partial charge in [-0.3, -0.25) is 0 Å². The van der Waals surface area contributed by atoms with Crippen LogP contribution in [0.5, 0.6) is 0 Å². The second-order valence-corrected chi connectivity index (χ2v) is 6.69. The lowest BCUT2D eigenvalue weighted by Crippen LogP contribution is -2.34. The summed E-state index contributed by atoms with van der Waals surface area (Å²) >= 11 is 0. The zero-order valence-corrected chi connectivity index (χ0v) is 13.3. The molecule has 2 nitrogen and oxygen atoms in total. The number of rotatable bonds is 5. The second kappa shape index (κ2) is 7.80. The Morgan fingerprint density at radius 1 is 1.15 bits per heavy atom. The topological polar surface area (TPSA) is 15.3 Å². The fourth-order valence-electron chi connectivity index (χ4n) is 3.15. The Kier molecular flexibility index (Phi) is 6.06. The molecule has 1 aliphatic heterocycles. The minimum atomic E-state index is 0.504. The summed E-state index contributed by atoms with van der Waals surface area (Å²) in [6.45, 7) is 7.11. The van der Waals surface area contributed by atoms with E-state index in [0.29, 0.717) is 12.1 Å². The van der Waals surface area contributed by atoms with Crippen molar-refractivity contribution in [3.05, 3.63) is 35.9 Å². The Hall–Kier alpha value is -0.860. The van der Waals surface area contributed by atoms with Crippen LogP contribution in [0.2, 0.25) is 0 Å². The Labute approximate surface area is 124 Å². The lowest BCUT2D eigenvalue weighted by atomic mass is 9.95. The molecule has 0 amide bonds. The quantitative estimate of drug-likeness (QED) is 0.877. The van der Waals surface area contributed by atoms with Crippen LogP contribution >= 0.6 is 0 Å². The van der Waals surface area contributed by atoms with Crippen LogP contribution in [-0.4, -0.2) is 31.1 Å². The first kappa shape index (κ1) is 15.5. The van der Waals surface area contributed by atoms with Gasteiger partial charge in [-0.2, -0.15) is 0 Å². The third-order valence-electron chi connectivity index (χ3n) is 4.30. The molecule has 112 valence electrons. The molecule has 0 bridgehead atoms. The highest BCUT2D eigenvalue weighted by Gasteiger charge is 2.20. The number of nitrogens with one attached hydrogen (secondary N) is 1. The number of likely N-dealkylation sites (tertiary alicyclic amines) is 1. The van der Waals surface area contributed by atoms with Crippen molar-refractivity contribution in [1.82, 2.24) is 10.2 Å². The van der Waals surface area contributed by atoms with Crippen LogP contribution < -0.4 is 5.32 Å². The molecule has 1 N–H and O–H groups in total. The van der Waals surface area contributed by atoms with Gasteiger partial charge in [0.25, 0.3) is 0 Å². The summed E-state index contributed by atoms with van der Waals surface area (Å²) < 4.78 is 0. The summed E-state index contributed by atoms with van der Waals surface area (Å²) in [5.74, 6) is 0.723. The molecule has 1 heterocycles. The zero-order chi connectivity index (χ0) is 14.4. The SMILES string of the molecule is CC(C)CC(NC1CCCN(C)CC1)c1ccccc1. The van der Waals surface area contributed by atoms with Crippen molar-refractivity contribution in [2.75, 3.05) is 20.1 Å². The van der Waals surface area contributed by atoms with Gasteiger partial charge >= 0.3 is 0 Å². The highest BCUT2D eigenvalue weighted by Crippen LogP contribution is 2.23. The van der Waals surface area contributed by atoms with E-state index in [-0.39, 0.29) is 0 Å². The van der Waals surface area contributed by atoms with Gasteiger partial charge in [-0.25, -0.2) is 0 Å². The molecular formula is C18H30N2. The fourth-order valence-corrected chi connectivity index (χ4v) is 3.15. The van der Waals surface area contributed by atoms with Gasteiger partial charge in [-0.15, -0.1) is 0 Å². The highest BCUT2D eigenvalue weighted by molar-refractivity contribution is 5.19. The molecule has 1 aromatic carbocycles. The van der Waals surface area contributed by atoms with Crippen molar-refractivity contribution in [3.8, 4) is 0 Å². The summed E-state index contributed by atoms with van der Waals surface area (Å²) in [6, 6.07) is 12.1. The fraction of sp³-hybridized carbons (Fsp3) is 0.667. The molecule has 2 rings (SSSR count). The third-order valence-corrected chi connectivity index (χ3v) is 4.30. The van der Waals surface area contributed by atoms with Crippen molar-refractivity contribution in [2.45, 2.75) is 51.6 Å². The summed E-state index contributed by atoms with van der Waals surface area (Å²) in [6.07, 6.45) is 5.12. The molecule has 2 atom stereocenters. The monoisotopic (exact) mass is 274 g/mol. The molecule has 1 saturated heterocycles. The molecule has 0 aliphatic carbocycles. The minimum Gasteiger partial charge on any atom is -0.307 e. The number of hydrogen-bond acceptors (Lipinski definition) is 2. The van der Waals surface area contributed by atoms with Gasteiger partial charge in [0.05, 0.1) is 0 Å². The van der Waals surface area contributed by atoms with Crippen LogP contribution in [0, 0.1) is 5.92 Å². The molecule has 2 unspecified atom stereocenters. The molecule has 1 fully saturated rings. The summed E-state index contributed by atoms with van der Waals surface area (Å²) in [4.78, 5) is 2.46. The second-order valence-electron chi connectivity index (χ2n) is 6.69. The van der Waals surface area contributed by atoms with Crippen LogP contribution in [0.25, 0.3) is 0 Å². The van der Waals surface area contributed by atoms with E-state index in [4.69, 9.17) is 0 Å². The van der Waals surface area contributed by atoms with E-state index >= 15 is 0 Å². The van der Waals surface area contributed by atoms with Gasteiger partial charge in [-0.05, 0) is 57.3 Å². The number of benzene rings is 1. The summed E-state index contributed by atoms with van der Waals surface area (Å²) in [5.41, 5.74) is 1.44. The molecule has 0 saturated carbocycles. The normalized spacial score (nSPS) is 22.7. The average molecular weight is 274 g/mol. The van der Waals surface area contributed by atoms with E-state index < -0.39 is 0 Å². The van der Waals surface area contributed by atoms with Crippen LogP contribution in [0.1, 0.15) is 51.1 Å². The average Bonchev–Trinajstić information content (AvgIpc) is 2.63. The van der Waals surface area contributed by atoms with Gasteiger partial charge < -0.3 is 10.2 Å². The summed E-state index contributed by atoms with van der Waals surface area (Å²) in [5, 5.41) is 3.94. The Morgan fingerprint density at radius 2 is 1.90 bits per heavy atom. The van der Waals surface area contributed by atoms with Gasteiger partial charge in [0.1, 0.15) is 0 Å². The lowest BCUT2D eigenvalue weighted by Gasteiger charge is -2.27. The predicted octanol–water partition coefficient (Wildman–Crippen LogP) is 3.85. The maximum absolute atomic E-state index is 3.94. The van der Waals surface area contributed by atoms with E-state index in [1.165, 1.54) is 44.3 Å². The molecule has 1 aliphatic rings. The van der Waals surface area contributed by atoms with E-state index in [1.54, 1.807) is 0 Å². The Balaban J connectivity index is 2.00. The molecular weight excluding hydrogens is 244 g/mol. The zero-order valence-electron chi connectivity index (χ0n) is 13.3. The van der Waals surface area contributed by atoms with Crippen molar-refractivity contribution >= 4 is 0 Å². The van der Waals surface area contributed by atoms with Crippen LogP contribution in [0.3, 0.4) is 0 Å². The molecule has 0 radical (unpaired) electrons. The molecule has 0 aromatic heterocycles. The maximum Gasteiger partial charge on any atom is 0.0325 e. The standard InChI is InChI=1S/C18H30N2/c1-15(2)14-18(16-8-5-4-6-9-16)19-17-10-7-12-20(3)13-11-17/h4-6,8-9,15,17-19H,7,10-14H2,1-3H3. The van der Waals surface area contributed by atoms with E-state index in [0.717, 1.165) is 5.92 Å². The number of nitrogens with zero attached hydrogens (tertiary/aromatic N) is 1. The Morgan fingerprint density at radius 3 is 2.60 bits per heavy atom. The number of hydrogen-bond donors (Lipinski definition) is 1. The summed E-state index contributed by atoms with van der Waals surface area (Å²) in [7, 11) is 2.24. The van der Waals surface area contributed by atoms with Crippen molar-refractivity contribution < 1.29 is 0 Å². The van der Waals surface area contributed by atoms with E-state index in [2.05, 4.69) is 61.4 Å². The van der Waals surface area contributed by atoms with Crippen molar-refractivity contribution in [3.63, 3.8) is 0 Å². The predicted molar refractivity (Wildman–Crippen MR) is 86.9 cm³/mol. The largest absolute Gasteiger partial charge is 0.307 e. The molecule has 20 heavy (non-hydrogen) atoms. The van der Waals surface area contributed by atoms with E-state index in [9.17, 15) is 0 Å². The smallest absolute Gasteiger partial charge is 0.0325 e. The van der Waals surface area contributed by atoms with E-state index in [1.807, 2.05) is 0 Å². The molecule has 1 aromatic rings. The lowest BCUT2D eigenvalue weighted by molar-refractivity contribution is 0.330. The van der Waals surface area contributed by atoms with Crippen LogP contribution in [0.4, 0.5) is 0 Å². The minimum absolute atomic E-state index is 0.504. The third kappa shape index (κ3) is 4.92. The molecule has 0 spiro atoms. The first-order valence-electron chi connectivity index (χ1n) is 8.14. The first-order chi connectivity index (χ1) is 9.65. The Bertz CT molecular complexity index is 374. The van der Waals surface area contributed by atoms with Crippen molar-refractivity contribution in [2.24, 2.45) is 5.92 Å². The van der Waals surface area contributed by atoms with Gasteiger partial charge in [0.2, 0.25) is 0 Å². The highest BCUT2D eigenvalue weighted by atomic mass is 15.1. The van der Waals surface area contributed by atoms with Gasteiger partial charge in [0, 0.05) is 12.1 Å². The maximum atomic E-state index is 3.94.